The maximum absolute atomic E-state index is 10.7. The number of aryl methyl sites for hydroxylation is 1. The second-order valence-corrected chi connectivity index (χ2v) is 8.94. The molecule has 0 radical (unpaired) electrons. The Labute approximate surface area is 202 Å². The highest BCUT2D eigenvalue weighted by molar-refractivity contribution is 5.85. The Hall–Kier alpha value is -1.51. The average molecular weight is 485 g/mol. The third kappa shape index (κ3) is 5.34. The Morgan fingerprint density at radius 1 is 1.12 bits per heavy atom. The molecule has 7 nitrogen and oxygen atoms in total. The van der Waals surface area contributed by atoms with Crippen LogP contribution in [-0.2, 0) is 19.6 Å². The third-order valence-electron chi connectivity index (χ3n) is 6.84. The number of aliphatic hydroxyl groups is 1. The highest BCUT2D eigenvalue weighted by Crippen LogP contribution is 2.39. The van der Waals surface area contributed by atoms with Crippen LogP contribution in [-0.4, -0.2) is 58.7 Å². The molecule has 0 spiro atoms. The first-order chi connectivity index (χ1) is 14.7. The summed E-state index contributed by atoms with van der Waals surface area (Å²) in [5, 5.41) is 19.1. The fourth-order valence-electron chi connectivity index (χ4n) is 5.35. The van der Waals surface area contributed by atoms with Crippen molar-refractivity contribution in [3.05, 3.63) is 41.7 Å². The number of rotatable bonds is 5. The number of nitrogens with one attached hydrogen (secondary N) is 1. The number of ether oxygens (including phenoxy) is 2. The molecule has 2 aliphatic heterocycles. The van der Waals surface area contributed by atoms with Gasteiger partial charge in [-0.2, -0.15) is 5.10 Å². The molecule has 1 saturated heterocycles. The highest BCUT2D eigenvalue weighted by atomic mass is 35.5. The number of hydrogen-bond acceptors (Lipinski definition) is 6. The summed E-state index contributed by atoms with van der Waals surface area (Å²) < 4.78 is 13.8. The van der Waals surface area contributed by atoms with Gasteiger partial charge in [-0.25, -0.2) is 0 Å². The lowest BCUT2D eigenvalue weighted by Gasteiger charge is -2.35. The van der Waals surface area contributed by atoms with Gasteiger partial charge in [0.2, 0.25) is 0 Å². The van der Waals surface area contributed by atoms with E-state index in [0.717, 1.165) is 64.2 Å². The number of fused-ring (bicyclic) bond motifs is 2. The molecule has 2 fully saturated rings. The van der Waals surface area contributed by atoms with Gasteiger partial charge in [0.1, 0.15) is 6.10 Å². The van der Waals surface area contributed by atoms with E-state index in [1.807, 2.05) is 24.3 Å². The molecule has 178 valence electrons. The number of likely N-dealkylation sites (tertiary alicyclic amines) is 1. The summed E-state index contributed by atoms with van der Waals surface area (Å²) in [7, 11) is 1.65. The standard InChI is InChI=1S/C23H32N4O3.2ClH/c1-29-21-5-2-3-6-22(21)30-23-10-17-14-26(13-16(17)9-20(23)28)15-18-11-19-12-24-7-4-8-27(19)25-18;;/h2-3,5-6,11,16-17,20,23-24,28H,4,7-10,12-15H2,1H3;2*1H/t16-,17+,20+,23+;;/m0../s1. The van der Waals surface area contributed by atoms with Crippen LogP contribution in [0.1, 0.15) is 30.7 Å². The van der Waals surface area contributed by atoms with Gasteiger partial charge < -0.3 is 19.9 Å². The van der Waals surface area contributed by atoms with E-state index in [1.54, 1.807) is 7.11 Å². The molecule has 9 heteroatoms. The molecule has 1 aromatic carbocycles. The Bertz CT molecular complexity index is 857. The molecular weight excluding hydrogens is 451 g/mol. The lowest BCUT2D eigenvalue weighted by molar-refractivity contribution is -0.0240. The van der Waals surface area contributed by atoms with Gasteiger partial charge in [0.25, 0.3) is 0 Å². The molecule has 0 amide bonds. The van der Waals surface area contributed by atoms with Crippen LogP contribution >= 0.6 is 24.8 Å². The second-order valence-electron chi connectivity index (χ2n) is 8.94. The van der Waals surface area contributed by atoms with Crippen molar-refractivity contribution in [3.8, 4) is 11.5 Å². The Kier molecular flexibility index (Phi) is 8.69. The lowest BCUT2D eigenvalue weighted by atomic mass is 9.78. The van der Waals surface area contributed by atoms with Gasteiger partial charge in [-0.3, -0.25) is 9.58 Å². The van der Waals surface area contributed by atoms with Crippen LogP contribution in [0, 0.1) is 11.8 Å². The van der Waals surface area contributed by atoms with Crippen LogP contribution in [0.25, 0.3) is 0 Å². The molecule has 0 bridgehead atoms. The smallest absolute Gasteiger partial charge is 0.161 e. The van der Waals surface area contributed by atoms with Gasteiger partial charge in [0, 0.05) is 32.7 Å². The lowest BCUT2D eigenvalue weighted by Crippen LogP contribution is -2.42. The van der Waals surface area contributed by atoms with Crippen LogP contribution in [0.5, 0.6) is 11.5 Å². The minimum Gasteiger partial charge on any atom is -0.493 e. The maximum atomic E-state index is 10.7. The van der Waals surface area contributed by atoms with Gasteiger partial charge in [-0.05, 0) is 55.8 Å². The number of nitrogens with zero attached hydrogens (tertiary/aromatic N) is 3. The van der Waals surface area contributed by atoms with Crippen molar-refractivity contribution >= 4 is 24.8 Å². The van der Waals surface area contributed by atoms with Crippen LogP contribution in [0.4, 0.5) is 0 Å². The van der Waals surface area contributed by atoms with Crippen molar-refractivity contribution in [1.82, 2.24) is 20.0 Å². The van der Waals surface area contributed by atoms with Gasteiger partial charge in [0.15, 0.2) is 11.5 Å². The molecule has 5 rings (SSSR count). The topological polar surface area (TPSA) is 71.8 Å². The van der Waals surface area contributed by atoms with E-state index in [-0.39, 0.29) is 30.9 Å². The van der Waals surface area contributed by atoms with Crippen molar-refractivity contribution in [2.45, 2.75) is 51.1 Å². The Balaban J connectivity index is 0.00000144. The quantitative estimate of drug-likeness (QED) is 0.679. The van der Waals surface area contributed by atoms with Gasteiger partial charge >= 0.3 is 0 Å². The number of methoxy groups -OCH3 is 1. The molecule has 0 unspecified atom stereocenters. The van der Waals surface area contributed by atoms with Crippen molar-refractivity contribution in [2.75, 3.05) is 26.7 Å². The minimum absolute atomic E-state index is 0. The molecule has 1 aliphatic carbocycles. The van der Waals surface area contributed by atoms with Crippen molar-refractivity contribution < 1.29 is 14.6 Å². The summed E-state index contributed by atoms with van der Waals surface area (Å²) in [6, 6.07) is 9.93. The van der Waals surface area contributed by atoms with E-state index < -0.39 is 6.10 Å². The number of benzene rings is 1. The van der Waals surface area contributed by atoms with Crippen molar-refractivity contribution in [2.24, 2.45) is 11.8 Å². The molecule has 2 N–H and O–H groups in total. The van der Waals surface area contributed by atoms with E-state index in [2.05, 4.69) is 21.0 Å². The predicted octanol–water partition coefficient (Wildman–Crippen LogP) is 2.88. The summed E-state index contributed by atoms with van der Waals surface area (Å²) in [5.41, 5.74) is 2.45. The number of aliphatic hydroxyl groups excluding tert-OH is 1. The normalized spacial score (nSPS) is 27.3. The van der Waals surface area contributed by atoms with Crippen LogP contribution in [0.2, 0.25) is 0 Å². The Morgan fingerprint density at radius 3 is 2.66 bits per heavy atom. The number of para-hydroxylation sites is 2. The zero-order valence-corrected chi connectivity index (χ0v) is 20.1. The van der Waals surface area contributed by atoms with Crippen molar-refractivity contribution in [3.63, 3.8) is 0 Å². The number of halogens is 2. The van der Waals surface area contributed by atoms with E-state index >= 15 is 0 Å². The van der Waals surface area contributed by atoms with E-state index in [9.17, 15) is 5.11 Å². The molecule has 2 aromatic rings. The van der Waals surface area contributed by atoms with Crippen LogP contribution in [0.3, 0.4) is 0 Å². The second kappa shape index (κ2) is 11.1. The Morgan fingerprint density at radius 2 is 1.88 bits per heavy atom. The van der Waals surface area contributed by atoms with E-state index in [0.29, 0.717) is 23.3 Å². The summed E-state index contributed by atoms with van der Waals surface area (Å²) in [6.07, 6.45) is 2.19. The molecule has 32 heavy (non-hydrogen) atoms. The monoisotopic (exact) mass is 484 g/mol. The van der Waals surface area contributed by atoms with Gasteiger partial charge in [0.05, 0.1) is 24.6 Å². The zero-order valence-electron chi connectivity index (χ0n) is 18.5. The largest absolute Gasteiger partial charge is 0.493 e. The molecular formula is C23H34Cl2N4O3. The van der Waals surface area contributed by atoms with E-state index in [1.165, 1.54) is 5.69 Å². The summed E-state index contributed by atoms with van der Waals surface area (Å²) in [5.74, 6) is 2.51. The summed E-state index contributed by atoms with van der Waals surface area (Å²) in [4.78, 5) is 2.50. The highest BCUT2D eigenvalue weighted by Gasteiger charge is 2.43. The van der Waals surface area contributed by atoms with Crippen LogP contribution < -0.4 is 14.8 Å². The fraction of sp³-hybridized carbons (Fsp3) is 0.609. The van der Waals surface area contributed by atoms with Gasteiger partial charge in [-0.15, -0.1) is 24.8 Å². The van der Waals surface area contributed by atoms with Crippen molar-refractivity contribution in [1.29, 1.82) is 0 Å². The molecule has 1 saturated carbocycles. The zero-order chi connectivity index (χ0) is 20.5. The first-order valence-corrected chi connectivity index (χ1v) is 11.2. The molecule has 3 aliphatic rings. The SMILES string of the molecule is COc1ccccc1O[C@@H]1C[C@@H]2CN(Cc3cc4n(n3)CCCNC4)C[C@@H]2C[C@H]1O.Cl.Cl. The summed E-state index contributed by atoms with van der Waals surface area (Å²) in [6.45, 7) is 5.94. The number of aromatic nitrogens is 2. The third-order valence-corrected chi connectivity index (χ3v) is 6.84. The average Bonchev–Trinajstić information content (AvgIpc) is 3.24. The number of hydrogen-bond donors (Lipinski definition) is 2. The molecule has 3 heterocycles. The van der Waals surface area contributed by atoms with E-state index in [4.69, 9.17) is 14.6 Å². The molecule has 1 aromatic heterocycles. The fourth-order valence-corrected chi connectivity index (χ4v) is 5.35. The first kappa shape index (κ1) is 25.1. The predicted molar refractivity (Wildman–Crippen MR) is 128 cm³/mol. The minimum atomic E-state index is -0.439. The maximum Gasteiger partial charge on any atom is 0.161 e. The summed E-state index contributed by atoms with van der Waals surface area (Å²) >= 11 is 0. The first-order valence-electron chi connectivity index (χ1n) is 11.2. The molecule has 4 atom stereocenters. The van der Waals surface area contributed by atoms with Crippen LogP contribution in [0.15, 0.2) is 30.3 Å². The van der Waals surface area contributed by atoms with Gasteiger partial charge in [-0.1, -0.05) is 12.1 Å².